The first-order valence-corrected chi connectivity index (χ1v) is 10.1. The number of ether oxygens (including phenoxy) is 2. The van der Waals surface area contributed by atoms with Gasteiger partial charge in [0.2, 0.25) is 0 Å². The van der Waals surface area contributed by atoms with E-state index in [4.69, 9.17) is 21.1 Å². The van der Waals surface area contributed by atoms with Crippen LogP contribution in [0.4, 0.5) is 0 Å². The Morgan fingerprint density at radius 3 is 2.50 bits per heavy atom. The monoisotopic (exact) mass is 427 g/mol. The molecule has 0 fully saturated rings. The molecule has 1 amide bonds. The van der Waals surface area contributed by atoms with E-state index in [9.17, 15) is 4.79 Å². The number of rotatable bonds is 8. The van der Waals surface area contributed by atoms with Crippen LogP contribution in [0.5, 0.6) is 11.5 Å². The molecule has 0 radical (unpaired) electrons. The summed E-state index contributed by atoms with van der Waals surface area (Å²) in [4.78, 5) is 12.9. The smallest absolute Gasteiger partial charge is 0.254 e. The Morgan fingerprint density at radius 1 is 1.13 bits per heavy atom. The van der Waals surface area contributed by atoms with E-state index in [1.807, 2.05) is 56.3 Å². The highest BCUT2D eigenvalue weighted by molar-refractivity contribution is 6.30. The van der Waals surface area contributed by atoms with E-state index in [1.54, 1.807) is 25.1 Å². The van der Waals surface area contributed by atoms with Gasteiger partial charge < -0.3 is 14.8 Å². The van der Waals surface area contributed by atoms with E-state index < -0.39 is 0 Å². The van der Waals surface area contributed by atoms with Gasteiger partial charge in [0.1, 0.15) is 11.5 Å². The van der Waals surface area contributed by atoms with Crippen molar-refractivity contribution in [3.05, 3.63) is 70.5 Å². The summed E-state index contributed by atoms with van der Waals surface area (Å²) >= 11 is 5.99. The second-order valence-corrected chi connectivity index (χ2v) is 7.61. The van der Waals surface area contributed by atoms with Crippen molar-refractivity contribution in [3.63, 3.8) is 0 Å². The minimum absolute atomic E-state index is 0.113. The molecule has 0 atom stereocenters. The molecule has 0 aliphatic carbocycles. The zero-order chi connectivity index (χ0) is 21.7. The van der Waals surface area contributed by atoms with Crippen LogP contribution in [0.2, 0.25) is 5.02 Å². The molecule has 1 heterocycles. The van der Waals surface area contributed by atoms with E-state index in [2.05, 4.69) is 10.4 Å². The van der Waals surface area contributed by atoms with Crippen molar-refractivity contribution < 1.29 is 14.3 Å². The van der Waals surface area contributed by atoms with Crippen molar-refractivity contribution in [2.75, 3.05) is 20.8 Å². The van der Waals surface area contributed by atoms with Gasteiger partial charge in [-0.15, -0.1) is 0 Å². The number of nitrogens with one attached hydrogen (secondary N) is 1. The van der Waals surface area contributed by atoms with E-state index in [-0.39, 0.29) is 11.8 Å². The molecule has 0 bridgehead atoms. The fourth-order valence-electron chi connectivity index (χ4n) is 3.36. The van der Waals surface area contributed by atoms with Gasteiger partial charge in [-0.1, -0.05) is 25.4 Å². The van der Waals surface area contributed by atoms with Gasteiger partial charge in [-0.05, 0) is 60.4 Å². The molecule has 158 valence electrons. The molecule has 0 aliphatic rings. The average molecular weight is 428 g/mol. The molecule has 2 aromatic carbocycles. The highest BCUT2D eigenvalue weighted by Gasteiger charge is 2.20. The fourth-order valence-corrected chi connectivity index (χ4v) is 3.49. The first-order chi connectivity index (χ1) is 14.4. The lowest BCUT2D eigenvalue weighted by Gasteiger charge is -2.14. The van der Waals surface area contributed by atoms with Gasteiger partial charge in [0.05, 0.1) is 37.4 Å². The molecule has 0 aliphatic heterocycles. The standard InChI is InChI=1S/C23H26ClN3O3/c1-15(2)22-20(14-26-27(22)18-7-5-17(24)6-8-18)23(28)25-12-11-16-13-19(29-3)9-10-21(16)30-4/h5-10,13-15H,11-12H2,1-4H3,(H,25,28). The van der Waals surface area contributed by atoms with E-state index in [0.29, 0.717) is 23.6 Å². The Hall–Kier alpha value is -2.99. The molecular formula is C23H26ClN3O3. The average Bonchev–Trinajstić information content (AvgIpc) is 3.19. The fraction of sp³-hybridized carbons (Fsp3) is 0.304. The van der Waals surface area contributed by atoms with Gasteiger partial charge in [-0.25, -0.2) is 4.68 Å². The number of hydrogen-bond donors (Lipinski definition) is 1. The van der Waals surface area contributed by atoms with Gasteiger partial charge in [0.15, 0.2) is 0 Å². The molecule has 1 N–H and O–H groups in total. The van der Waals surface area contributed by atoms with E-state index in [0.717, 1.165) is 28.4 Å². The van der Waals surface area contributed by atoms with Crippen molar-refractivity contribution in [1.82, 2.24) is 15.1 Å². The molecule has 6 nitrogen and oxygen atoms in total. The Morgan fingerprint density at radius 2 is 1.87 bits per heavy atom. The molecule has 1 aromatic heterocycles. The number of halogens is 1. The Balaban J connectivity index is 1.75. The van der Waals surface area contributed by atoms with E-state index in [1.165, 1.54) is 0 Å². The number of hydrogen-bond acceptors (Lipinski definition) is 4. The summed E-state index contributed by atoms with van der Waals surface area (Å²) in [5.41, 5.74) is 3.26. The summed E-state index contributed by atoms with van der Waals surface area (Å²) in [6.07, 6.45) is 2.24. The van der Waals surface area contributed by atoms with Gasteiger partial charge in [0.25, 0.3) is 5.91 Å². The highest BCUT2D eigenvalue weighted by atomic mass is 35.5. The molecule has 7 heteroatoms. The van der Waals surface area contributed by atoms with Gasteiger partial charge in [-0.3, -0.25) is 4.79 Å². The van der Waals surface area contributed by atoms with Crippen molar-refractivity contribution in [2.45, 2.75) is 26.2 Å². The molecule has 0 unspecified atom stereocenters. The minimum Gasteiger partial charge on any atom is -0.497 e. The second-order valence-electron chi connectivity index (χ2n) is 7.17. The maximum Gasteiger partial charge on any atom is 0.254 e. The number of benzene rings is 2. The third-order valence-corrected chi connectivity index (χ3v) is 5.09. The third kappa shape index (κ3) is 4.76. The van der Waals surface area contributed by atoms with Gasteiger partial charge in [-0.2, -0.15) is 5.10 Å². The molecular weight excluding hydrogens is 402 g/mol. The lowest BCUT2D eigenvalue weighted by Crippen LogP contribution is -2.27. The molecule has 0 saturated carbocycles. The van der Waals surface area contributed by atoms with Crippen LogP contribution in [0.25, 0.3) is 5.69 Å². The van der Waals surface area contributed by atoms with Crippen LogP contribution in [0, 0.1) is 0 Å². The Kier molecular flexibility index (Phi) is 7.00. The maximum absolute atomic E-state index is 12.9. The first kappa shape index (κ1) is 21.7. The predicted molar refractivity (Wildman–Crippen MR) is 118 cm³/mol. The van der Waals surface area contributed by atoms with Gasteiger partial charge in [0, 0.05) is 11.6 Å². The van der Waals surface area contributed by atoms with Crippen molar-refractivity contribution in [2.24, 2.45) is 0 Å². The number of nitrogens with zero attached hydrogens (tertiary/aromatic N) is 2. The van der Waals surface area contributed by atoms with E-state index >= 15 is 0 Å². The van der Waals surface area contributed by atoms with Crippen LogP contribution < -0.4 is 14.8 Å². The zero-order valence-corrected chi connectivity index (χ0v) is 18.4. The topological polar surface area (TPSA) is 65.4 Å². The van der Waals surface area contributed by atoms with Crippen LogP contribution in [0.15, 0.2) is 48.7 Å². The van der Waals surface area contributed by atoms with Crippen LogP contribution in [-0.2, 0) is 6.42 Å². The Labute approximate surface area is 181 Å². The number of amides is 1. The third-order valence-electron chi connectivity index (χ3n) is 4.84. The summed E-state index contributed by atoms with van der Waals surface area (Å²) in [7, 11) is 3.25. The number of carbonyl (C=O) groups excluding carboxylic acids is 1. The molecule has 0 saturated heterocycles. The number of aromatic nitrogens is 2. The Bertz CT molecular complexity index is 1010. The lowest BCUT2D eigenvalue weighted by molar-refractivity contribution is 0.0952. The maximum atomic E-state index is 12.9. The van der Waals surface area contributed by atoms with Crippen molar-refractivity contribution in [3.8, 4) is 17.2 Å². The summed E-state index contributed by atoms with van der Waals surface area (Å²) in [5, 5.41) is 8.10. The summed E-state index contributed by atoms with van der Waals surface area (Å²) < 4.78 is 12.5. The minimum atomic E-state index is -0.152. The van der Waals surface area contributed by atoms with Crippen LogP contribution >= 0.6 is 11.6 Å². The van der Waals surface area contributed by atoms with Crippen LogP contribution in [0.3, 0.4) is 0 Å². The van der Waals surface area contributed by atoms with Crippen LogP contribution in [0.1, 0.15) is 41.4 Å². The lowest BCUT2D eigenvalue weighted by atomic mass is 10.0. The molecule has 3 rings (SSSR count). The molecule has 0 spiro atoms. The van der Waals surface area contributed by atoms with Crippen molar-refractivity contribution >= 4 is 17.5 Å². The molecule has 30 heavy (non-hydrogen) atoms. The SMILES string of the molecule is COc1ccc(OC)c(CCNC(=O)c2cnn(-c3ccc(Cl)cc3)c2C(C)C)c1. The van der Waals surface area contributed by atoms with Gasteiger partial charge >= 0.3 is 0 Å². The summed E-state index contributed by atoms with van der Waals surface area (Å²) in [6.45, 7) is 4.55. The number of carbonyl (C=O) groups is 1. The second kappa shape index (κ2) is 9.67. The quantitative estimate of drug-likeness (QED) is 0.568. The highest BCUT2D eigenvalue weighted by Crippen LogP contribution is 2.25. The van der Waals surface area contributed by atoms with Crippen LogP contribution in [-0.4, -0.2) is 36.5 Å². The normalized spacial score (nSPS) is 10.9. The predicted octanol–water partition coefficient (Wildman–Crippen LogP) is 4.64. The van der Waals surface area contributed by atoms with Crippen molar-refractivity contribution in [1.29, 1.82) is 0 Å². The first-order valence-electron chi connectivity index (χ1n) is 9.77. The summed E-state index contributed by atoms with van der Waals surface area (Å²) in [5.74, 6) is 1.48. The largest absolute Gasteiger partial charge is 0.497 e. The number of methoxy groups -OCH3 is 2. The zero-order valence-electron chi connectivity index (χ0n) is 17.6. The molecule has 3 aromatic rings. The summed E-state index contributed by atoms with van der Waals surface area (Å²) in [6, 6.07) is 13.0.